The molecule has 0 spiro atoms. The van der Waals surface area contributed by atoms with Gasteiger partial charge in [-0.15, -0.1) is 0 Å². The number of hydrogen-bond donors (Lipinski definition) is 1. The first-order valence-electron chi connectivity index (χ1n) is 7.36. The van der Waals surface area contributed by atoms with Gasteiger partial charge < -0.3 is 0 Å². The van der Waals surface area contributed by atoms with E-state index in [1.54, 1.807) is 6.07 Å². The van der Waals surface area contributed by atoms with Crippen LogP contribution in [0.1, 0.15) is 33.3 Å². The summed E-state index contributed by atoms with van der Waals surface area (Å²) in [5.41, 5.74) is 2.51. The summed E-state index contributed by atoms with van der Waals surface area (Å²) in [4.78, 5) is 18.2. The zero-order valence-corrected chi connectivity index (χ0v) is 14.3. The Hall–Kier alpha value is -2.14. The molecule has 0 atom stereocenters. The van der Waals surface area contributed by atoms with Crippen molar-refractivity contribution >= 4 is 17.2 Å². The number of nitrogens with one attached hydrogen (secondary N) is 1. The smallest absolute Gasteiger partial charge is 0.296 e. The van der Waals surface area contributed by atoms with Crippen LogP contribution in [0.3, 0.4) is 0 Å². The highest BCUT2D eigenvalue weighted by Gasteiger charge is 2.15. The summed E-state index contributed by atoms with van der Waals surface area (Å²) in [5, 5.41) is 4.87. The first-order chi connectivity index (χ1) is 10.7. The number of aromatic nitrogens is 4. The fraction of sp³-hybridized carbons (Fsp3) is 0.312. The van der Waals surface area contributed by atoms with Crippen molar-refractivity contribution in [1.82, 2.24) is 19.6 Å². The molecule has 0 aliphatic rings. The maximum atomic E-state index is 11.6. The van der Waals surface area contributed by atoms with Gasteiger partial charge in [-0.25, -0.2) is 9.78 Å². The van der Waals surface area contributed by atoms with Crippen molar-refractivity contribution in [1.29, 1.82) is 0 Å². The zero-order valence-electron chi connectivity index (χ0n) is 13.5. The van der Waals surface area contributed by atoms with Gasteiger partial charge in [-0.1, -0.05) is 57.5 Å². The van der Waals surface area contributed by atoms with Gasteiger partial charge in [-0.2, -0.15) is 9.61 Å². The number of nitrogens with zero attached hydrogens (tertiary/aromatic N) is 3. The van der Waals surface area contributed by atoms with Crippen LogP contribution in [0.5, 0.6) is 0 Å². The molecule has 118 valence electrons. The summed E-state index contributed by atoms with van der Waals surface area (Å²) in [6, 6.07) is 7.38. The number of rotatable bonds is 1. The van der Waals surface area contributed by atoms with Gasteiger partial charge in [0.25, 0.3) is 0 Å². The average Bonchev–Trinajstić information content (AvgIpc) is 2.90. The van der Waals surface area contributed by atoms with E-state index in [-0.39, 0.29) is 5.69 Å². The van der Waals surface area contributed by atoms with Gasteiger partial charge in [0, 0.05) is 11.1 Å². The summed E-state index contributed by atoms with van der Waals surface area (Å²) < 4.78 is 1.24. The van der Waals surface area contributed by atoms with Crippen molar-refractivity contribution in [3.8, 4) is 11.3 Å². The first-order valence-corrected chi connectivity index (χ1v) is 7.74. The molecule has 2 aromatic heterocycles. The Balaban J connectivity index is 0.000000561. The Morgan fingerprint density at radius 1 is 1.14 bits per heavy atom. The monoisotopic (exact) mass is 320 g/mol. The van der Waals surface area contributed by atoms with Crippen molar-refractivity contribution < 1.29 is 0 Å². The van der Waals surface area contributed by atoms with Crippen LogP contribution in [0.25, 0.3) is 16.9 Å². The van der Waals surface area contributed by atoms with Crippen LogP contribution >= 0.6 is 11.6 Å². The van der Waals surface area contributed by atoms with Crippen LogP contribution in [0.15, 0.2) is 35.4 Å². The highest BCUT2D eigenvalue weighted by molar-refractivity contribution is 6.33. The van der Waals surface area contributed by atoms with E-state index in [2.05, 4.69) is 15.1 Å². The van der Waals surface area contributed by atoms with E-state index in [0.29, 0.717) is 16.4 Å². The predicted molar refractivity (Wildman–Crippen MR) is 91.5 cm³/mol. The van der Waals surface area contributed by atoms with Crippen LogP contribution in [0.2, 0.25) is 5.02 Å². The molecule has 0 aliphatic heterocycles. The molecule has 1 N–H and O–H groups in total. The Labute approximate surface area is 135 Å². The van der Waals surface area contributed by atoms with E-state index < -0.39 is 0 Å². The van der Waals surface area contributed by atoms with Gasteiger partial charge in [0.05, 0.1) is 17.0 Å². The third kappa shape index (κ3) is 3.36. The van der Waals surface area contributed by atoms with Gasteiger partial charge in [0.15, 0.2) is 5.65 Å². The van der Waals surface area contributed by atoms with Crippen LogP contribution < -0.4 is 5.69 Å². The molecule has 3 aromatic rings. The van der Waals surface area contributed by atoms with Crippen LogP contribution in [0, 0.1) is 6.92 Å². The number of halogens is 1. The van der Waals surface area contributed by atoms with Gasteiger partial charge in [-0.05, 0) is 13.0 Å². The standard InChI is InChI=1S/C12H9ClN4O.2C2H6/c1-7-10(8-4-2-3-5-9(8)13)16-17-11(7)14-6-15-12(17)18;2*1-2/h2-6H,1H3,(H,14,15,18);2*1-2H3. The molecule has 0 saturated carbocycles. The lowest BCUT2D eigenvalue weighted by atomic mass is 10.1. The minimum Gasteiger partial charge on any atom is -0.296 e. The molecular formula is C16H21ClN4O. The molecule has 22 heavy (non-hydrogen) atoms. The van der Waals surface area contributed by atoms with E-state index >= 15 is 0 Å². The third-order valence-electron chi connectivity index (χ3n) is 2.79. The van der Waals surface area contributed by atoms with Crippen molar-refractivity contribution in [2.75, 3.05) is 0 Å². The molecule has 6 heteroatoms. The molecule has 5 nitrogen and oxygen atoms in total. The third-order valence-corrected chi connectivity index (χ3v) is 3.12. The summed E-state index contributed by atoms with van der Waals surface area (Å²) in [6.07, 6.45) is 1.36. The summed E-state index contributed by atoms with van der Waals surface area (Å²) in [5.74, 6) is 0. The quantitative estimate of drug-likeness (QED) is 0.734. The van der Waals surface area contributed by atoms with Crippen LogP contribution in [-0.4, -0.2) is 19.6 Å². The zero-order chi connectivity index (χ0) is 16.7. The molecule has 0 amide bonds. The van der Waals surface area contributed by atoms with Gasteiger partial charge in [0.1, 0.15) is 0 Å². The lowest BCUT2D eigenvalue weighted by Gasteiger charge is -2.00. The number of H-pyrrole nitrogens is 1. The summed E-state index contributed by atoms with van der Waals surface area (Å²) in [7, 11) is 0. The maximum Gasteiger partial charge on any atom is 0.349 e. The molecule has 1 aromatic carbocycles. The minimum atomic E-state index is -0.318. The van der Waals surface area contributed by atoms with Crippen molar-refractivity contribution in [2.45, 2.75) is 34.6 Å². The molecule has 0 fully saturated rings. The number of aryl methyl sites for hydroxylation is 1. The van der Waals surface area contributed by atoms with E-state index in [1.807, 2.05) is 52.8 Å². The molecule has 0 bridgehead atoms. The second-order valence-electron chi connectivity index (χ2n) is 3.90. The molecule has 0 aliphatic carbocycles. The maximum absolute atomic E-state index is 11.6. The van der Waals surface area contributed by atoms with Gasteiger partial charge in [0.2, 0.25) is 0 Å². The highest BCUT2D eigenvalue weighted by Crippen LogP contribution is 2.29. The Morgan fingerprint density at radius 3 is 2.36 bits per heavy atom. The summed E-state index contributed by atoms with van der Waals surface area (Å²) in [6.45, 7) is 9.87. The topological polar surface area (TPSA) is 63.1 Å². The van der Waals surface area contributed by atoms with E-state index in [1.165, 1.54) is 10.8 Å². The van der Waals surface area contributed by atoms with Gasteiger partial charge >= 0.3 is 5.69 Å². The fourth-order valence-electron chi connectivity index (χ4n) is 1.90. The second-order valence-corrected chi connectivity index (χ2v) is 4.30. The summed E-state index contributed by atoms with van der Waals surface area (Å²) >= 11 is 6.14. The number of hydrogen-bond acceptors (Lipinski definition) is 3. The van der Waals surface area contributed by atoms with Crippen LogP contribution in [0.4, 0.5) is 0 Å². The fourth-order valence-corrected chi connectivity index (χ4v) is 2.12. The van der Waals surface area contributed by atoms with Crippen molar-refractivity contribution in [2.24, 2.45) is 0 Å². The Kier molecular flexibility index (Phi) is 6.79. The van der Waals surface area contributed by atoms with Crippen molar-refractivity contribution in [3.63, 3.8) is 0 Å². The SMILES string of the molecule is CC.CC.Cc1c(-c2ccccc2Cl)nn2c(=O)[nH]cnc12. The van der Waals surface area contributed by atoms with E-state index in [4.69, 9.17) is 11.6 Å². The van der Waals surface area contributed by atoms with Crippen molar-refractivity contribution in [3.05, 3.63) is 51.7 Å². The number of benzene rings is 1. The van der Waals surface area contributed by atoms with Gasteiger partial charge in [-0.3, -0.25) is 4.98 Å². The second kappa shape index (κ2) is 8.34. The lowest BCUT2D eigenvalue weighted by Crippen LogP contribution is -2.17. The Bertz CT molecular complexity index is 792. The number of fused-ring (bicyclic) bond motifs is 1. The first kappa shape index (κ1) is 17.9. The van der Waals surface area contributed by atoms with E-state index in [9.17, 15) is 4.79 Å². The molecule has 0 unspecified atom stereocenters. The highest BCUT2D eigenvalue weighted by atomic mass is 35.5. The molecular weight excluding hydrogens is 300 g/mol. The minimum absolute atomic E-state index is 0.318. The normalized spacial score (nSPS) is 9.55. The molecule has 2 heterocycles. The Morgan fingerprint density at radius 2 is 1.77 bits per heavy atom. The largest absolute Gasteiger partial charge is 0.349 e. The lowest BCUT2D eigenvalue weighted by molar-refractivity contribution is 0.843. The predicted octanol–water partition coefficient (Wildman–Crippen LogP) is 4.10. The van der Waals surface area contributed by atoms with Crippen LogP contribution in [-0.2, 0) is 0 Å². The number of aromatic amines is 1. The molecule has 0 radical (unpaired) electrons. The average molecular weight is 321 g/mol. The molecule has 3 rings (SSSR count). The van der Waals surface area contributed by atoms with E-state index in [0.717, 1.165) is 11.1 Å². The molecule has 0 saturated heterocycles.